The number of halogens is 1. The third-order valence-corrected chi connectivity index (χ3v) is 5.25. The molecule has 0 amide bonds. The van der Waals surface area contributed by atoms with Crippen molar-refractivity contribution < 1.29 is 0 Å². The Labute approximate surface area is 113 Å². The van der Waals surface area contributed by atoms with Crippen molar-refractivity contribution in [1.29, 1.82) is 0 Å². The fraction of sp³-hybridized carbons (Fsp3) is 0.571. The summed E-state index contributed by atoms with van der Waals surface area (Å²) in [4.78, 5) is 1.25. The molecule has 1 saturated carbocycles. The molecule has 0 bridgehead atoms. The first-order chi connectivity index (χ1) is 8.24. The molecule has 1 fully saturated rings. The van der Waals surface area contributed by atoms with Crippen LogP contribution in [0.25, 0.3) is 0 Å². The monoisotopic (exact) mass is 269 g/mol. The Hall–Kier alpha value is -0.180. The van der Waals surface area contributed by atoms with Gasteiger partial charge in [0.2, 0.25) is 0 Å². The van der Waals surface area contributed by atoms with Crippen molar-refractivity contribution in [2.75, 3.05) is 6.54 Å². The number of thioether (sulfide) groups is 1. The van der Waals surface area contributed by atoms with Crippen LogP contribution >= 0.6 is 23.4 Å². The van der Waals surface area contributed by atoms with Gasteiger partial charge in [-0.1, -0.05) is 43.4 Å². The van der Waals surface area contributed by atoms with Gasteiger partial charge in [-0.3, -0.25) is 0 Å². The molecule has 0 aliphatic heterocycles. The van der Waals surface area contributed by atoms with Crippen LogP contribution in [-0.4, -0.2) is 11.3 Å². The molecule has 3 heteroatoms. The first-order valence-corrected chi connectivity index (χ1v) is 7.58. The highest BCUT2D eigenvalue weighted by atomic mass is 35.5. The van der Waals surface area contributed by atoms with Gasteiger partial charge in [0.15, 0.2) is 0 Å². The molecular weight excluding hydrogens is 250 g/mol. The standard InChI is InChI=1S/C14H20ClNS/c15-12-6-5-7-13(10-12)17-14(11-16)8-3-1-2-4-9-14/h5-7,10H,1-4,8-9,11,16H2. The van der Waals surface area contributed by atoms with Crippen molar-refractivity contribution in [3.63, 3.8) is 0 Å². The van der Waals surface area contributed by atoms with Gasteiger partial charge in [-0.25, -0.2) is 0 Å². The summed E-state index contributed by atoms with van der Waals surface area (Å²) in [6.07, 6.45) is 7.81. The maximum absolute atomic E-state index is 6.04. The van der Waals surface area contributed by atoms with E-state index < -0.39 is 0 Å². The van der Waals surface area contributed by atoms with Gasteiger partial charge in [0.05, 0.1) is 0 Å². The second-order valence-corrected chi connectivity index (χ2v) is 6.84. The smallest absolute Gasteiger partial charge is 0.0417 e. The van der Waals surface area contributed by atoms with Crippen molar-refractivity contribution in [1.82, 2.24) is 0 Å². The molecule has 0 saturated heterocycles. The maximum Gasteiger partial charge on any atom is 0.0417 e. The van der Waals surface area contributed by atoms with E-state index in [0.717, 1.165) is 11.6 Å². The van der Waals surface area contributed by atoms with Crippen LogP contribution in [0.1, 0.15) is 38.5 Å². The number of hydrogen-bond acceptors (Lipinski definition) is 2. The Morgan fingerprint density at radius 3 is 2.47 bits per heavy atom. The van der Waals surface area contributed by atoms with Crippen molar-refractivity contribution in [3.8, 4) is 0 Å². The summed E-state index contributed by atoms with van der Waals surface area (Å²) in [6, 6.07) is 8.13. The second kappa shape index (κ2) is 6.12. The van der Waals surface area contributed by atoms with E-state index in [0.29, 0.717) is 0 Å². The van der Waals surface area contributed by atoms with Gasteiger partial charge in [0.1, 0.15) is 0 Å². The van der Waals surface area contributed by atoms with Gasteiger partial charge < -0.3 is 5.73 Å². The first-order valence-electron chi connectivity index (χ1n) is 6.39. The third kappa shape index (κ3) is 3.64. The Kier molecular flexibility index (Phi) is 4.78. The Balaban J connectivity index is 2.12. The SMILES string of the molecule is NCC1(Sc2cccc(Cl)c2)CCCCCC1. The number of rotatable bonds is 3. The van der Waals surface area contributed by atoms with Crippen LogP contribution in [0.3, 0.4) is 0 Å². The molecule has 0 spiro atoms. The van der Waals surface area contributed by atoms with E-state index in [-0.39, 0.29) is 4.75 Å². The van der Waals surface area contributed by atoms with E-state index in [9.17, 15) is 0 Å². The van der Waals surface area contributed by atoms with Crippen LogP contribution in [0, 0.1) is 0 Å². The normalized spacial score (nSPS) is 19.9. The van der Waals surface area contributed by atoms with Gasteiger partial charge in [0.25, 0.3) is 0 Å². The Bertz CT molecular complexity index is 359. The van der Waals surface area contributed by atoms with E-state index in [1.807, 2.05) is 23.9 Å². The van der Waals surface area contributed by atoms with Gasteiger partial charge >= 0.3 is 0 Å². The first kappa shape index (κ1) is 13.3. The molecule has 2 N–H and O–H groups in total. The van der Waals surface area contributed by atoms with Gasteiger partial charge in [-0.05, 0) is 31.0 Å². The highest BCUT2D eigenvalue weighted by molar-refractivity contribution is 8.00. The fourth-order valence-corrected chi connectivity index (χ4v) is 4.16. The van der Waals surface area contributed by atoms with E-state index in [1.54, 1.807) is 0 Å². The van der Waals surface area contributed by atoms with E-state index in [2.05, 4.69) is 12.1 Å². The fourth-order valence-electron chi connectivity index (χ4n) is 2.50. The van der Waals surface area contributed by atoms with Crippen LogP contribution in [-0.2, 0) is 0 Å². The lowest BCUT2D eigenvalue weighted by molar-refractivity contribution is 0.521. The minimum Gasteiger partial charge on any atom is -0.329 e. The van der Waals surface area contributed by atoms with E-state index >= 15 is 0 Å². The summed E-state index contributed by atoms with van der Waals surface area (Å²) in [5, 5.41) is 0.816. The van der Waals surface area contributed by atoms with Crippen molar-refractivity contribution in [3.05, 3.63) is 29.3 Å². The van der Waals surface area contributed by atoms with Crippen molar-refractivity contribution in [2.24, 2.45) is 5.73 Å². The zero-order valence-electron chi connectivity index (χ0n) is 10.1. The third-order valence-electron chi connectivity index (χ3n) is 3.52. The average molecular weight is 270 g/mol. The number of benzene rings is 1. The molecule has 1 aliphatic rings. The molecule has 1 aromatic rings. The van der Waals surface area contributed by atoms with Crippen LogP contribution < -0.4 is 5.73 Å². The maximum atomic E-state index is 6.04. The van der Waals surface area contributed by atoms with Crippen molar-refractivity contribution >= 4 is 23.4 Å². The highest BCUT2D eigenvalue weighted by Crippen LogP contribution is 2.42. The molecule has 0 radical (unpaired) electrons. The zero-order chi connectivity index (χ0) is 12.1. The minimum absolute atomic E-state index is 0.237. The van der Waals surface area contributed by atoms with E-state index in [4.69, 9.17) is 17.3 Å². The summed E-state index contributed by atoms with van der Waals surface area (Å²) in [5.41, 5.74) is 6.04. The zero-order valence-corrected chi connectivity index (χ0v) is 11.7. The molecule has 1 aliphatic carbocycles. The minimum atomic E-state index is 0.237. The van der Waals surface area contributed by atoms with Gasteiger partial charge in [0, 0.05) is 21.2 Å². The molecule has 17 heavy (non-hydrogen) atoms. The molecule has 2 rings (SSSR count). The summed E-state index contributed by atoms with van der Waals surface area (Å²) in [7, 11) is 0. The molecule has 94 valence electrons. The van der Waals surface area contributed by atoms with Gasteiger partial charge in [-0.2, -0.15) is 0 Å². The largest absolute Gasteiger partial charge is 0.329 e. The Morgan fingerprint density at radius 2 is 1.88 bits per heavy atom. The van der Waals surface area contributed by atoms with Crippen LogP contribution in [0.4, 0.5) is 0 Å². The van der Waals surface area contributed by atoms with Gasteiger partial charge in [-0.15, -0.1) is 11.8 Å². The molecular formula is C14H20ClNS. The van der Waals surface area contributed by atoms with Crippen molar-refractivity contribution in [2.45, 2.75) is 48.2 Å². The molecule has 0 atom stereocenters. The summed E-state index contributed by atoms with van der Waals surface area (Å²) < 4.78 is 0.237. The summed E-state index contributed by atoms with van der Waals surface area (Å²) in [6.45, 7) is 0.768. The molecule has 0 heterocycles. The quantitative estimate of drug-likeness (QED) is 0.819. The number of nitrogens with two attached hydrogens (primary N) is 1. The highest BCUT2D eigenvalue weighted by Gasteiger charge is 2.30. The Morgan fingerprint density at radius 1 is 1.18 bits per heavy atom. The molecule has 1 nitrogen and oxygen atoms in total. The van der Waals surface area contributed by atoms with Crippen LogP contribution in [0.5, 0.6) is 0 Å². The number of hydrogen-bond donors (Lipinski definition) is 1. The predicted octanol–water partition coefficient (Wildman–Crippen LogP) is 4.48. The summed E-state index contributed by atoms with van der Waals surface area (Å²) in [5.74, 6) is 0. The van der Waals surface area contributed by atoms with Crippen LogP contribution in [0.2, 0.25) is 5.02 Å². The molecule has 0 aromatic heterocycles. The second-order valence-electron chi connectivity index (χ2n) is 4.86. The lowest BCUT2D eigenvalue weighted by atomic mass is 9.99. The topological polar surface area (TPSA) is 26.0 Å². The van der Waals surface area contributed by atoms with E-state index in [1.165, 1.54) is 43.4 Å². The summed E-state index contributed by atoms with van der Waals surface area (Å²) >= 11 is 7.97. The predicted molar refractivity (Wildman–Crippen MR) is 76.8 cm³/mol. The lowest BCUT2D eigenvalue weighted by Gasteiger charge is -2.30. The molecule has 1 aromatic carbocycles. The average Bonchev–Trinajstić information content (AvgIpc) is 2.55. The molecule has 0 unspecified atom stereocenters. The lowest BCUT2D eigenvalue weighted by Crippen LogP contribution is -2.33. The van der Waals surface area contributed by atoms with Crippen LogP contribution in [0.15, 0.2) is 29.2 Å².